The Hall–Kier alpha value is -0.740. The number of carbonyl (C=O) groups is 1. The molecule has 1 rings (SSSR count). The lowest BCUT2D eigenvalue weighted by atomic mass is 9.94. The molecule has 0 saturated heterocycles. The van der Waals surface area contributed by atoms with Gasteiger partial charge in [0.05, 0.1) is 0 Å². The number of carbonyl (C=O) groups excluding carboxylic acids is 1. The van der Waals surface area contributed by atoms with E-state index in [1.54, 1.807) is 12.4 Å². The molecule has 0 aliphatic rings. The fourth-order valence-corrected chi connectivity index (χ4v) is 2.07. The lowest BCUT2D eigenvalue weighted by Crippen LogP contribution is -2.25. The van der Waals surface area contributed by atoms with Crippen molar-refractivity contribution in [1.82, 2.24) is 4.98 Å². The van der Waals surface area contributed by atoms with E-state index in [0.717, 1.165) is 22.9 Å². The lowest BCUT2D eigenvalue weighted by molar-refractivity contribution is -0.122. The second-order valence-corrected chi connectivity index (χ2v) is 4.79. The molecule has 1 aromatic rings. The maximum Gasteiger partial charge on any atom is 0.141 e. The van der Waals surface area contributed by atoms with Crippen molar-refractivity contribution in [2.75, 3.05) is 6.54 Å². The van der Waals surface area contributed by atoms with Crippen LogP contribution >= 0.6 is 15.9 Å². The molecule has 0 aliphatic carbocycles. The molecule has 0 aromatic carbocycles. The van der Waals surface area contributed by atoms with E-state index in [1.165, 1.54) is 0 Å². The Bertz CT molecular complexity index is 355. The molecule has 1 unspecified atom stereocenters. The fourth-order valence-electron chi connectivity index (χ4n) is 1.66. The highest BCUT2D eigenvalue weighted by Crippen LogP contribution is 2.13. The maximum absolute atomic E-state index is 11.9. The van der Waals surface area contributed by atoms with Crippen LogP contribution in [0.25, 0.3) is 0 Å². The predicted molar refractivity (Wildman–Crippen MR) is 68.1 cm³/mol. The first-order chi connectivity index (χ1) is 7.67. The molecule has 3 nitrogen and oxygen atoms in total. The Morgan fingerprint density at radius 2 is 2.31 bits per heavy atom. The van der Waals surface area contributed by atoms with Crippen LogP contribution in [0.2, 0.25) is 0 Å². The number of nitrogens with zero attached hydrogens (tertiary/aromatic N) is 1. The summed E-state index contributed by atoms with van der Waals surface area (Å²) >= 11 is 3.34. The summed E-state index contributed by atoms with van der Waals surface area (Å²) in [4.78, 5) is 16.0. The monoisotopic (exact) mass is 284 g/mol. The normalized spacial score (nSPS) is 12.4. The van der Waals surface area contributed by atoms with Gasteiger partial charge in [0.2, 0.25) is 0 Å². The number of aromatic nitrogens is 1. The van der Waals surface area contributed by atoms with Gasteiger partial charge in [-0.25, -0.2) is 0 Å². The summed E-state index contributed by atoms with van der Waals surface area (Å²) < 4.78 is 0.901. The van der Waals surface area contributed by atoms with Gasteiger partial charge in [-0.05, 0) is 34.0 Å². The smallest absolute Gasteiger partial charge is 0.141 e. The molecule has 16 heavy (non-hydrogen) atoms. The minimum absolute atomic E-state index is 0.0102. The van der Waals surface area contributed by atoms with Gasteiger partial charge in [-0.2, -0.15) is 0 Å². The summed E-state index contributed by atoms with van der Waals surface area (Å²) in [7, 11) is 0. The zero-order valence-electron chi connectivity index (χ0n) is 9.45. The summed E-state index contributed by atoms with van der Waals surface area (Å²) in [6.45, 7) is 2.50. The highest BCUT2D eigenvalue weighted by molar-refractivity contribution is 9.10. The zero-order valence-corrected chi connectivity index (χ0v) is 11.0. The van der Waals surface area contributed by atoms with Gasteiger partial charge in [0.1, 0.15) is 5.78 Å². The molecular formula is C12H17BrN2O. The molecule has 0 saturated carbocycles. The topological polar surface area (TPSA) is 56.0 Å². The first-order valence-corrected chi connectivity index (χ1v) is 6.28. The van der Waals surface area contributed by atoms with E-state index in [4.69, 9.17) is 5.73 Å². The molecule has 4 heteroatoms. The Morgan fingerprint density at radius 3 is 2.88 bits per heavy atom. The summed E-state index contributed by atoms with van der Waals surface area (Å²) in [5, 5.41) is 0. The zero-order chi connectivity index (χ0) is 12.0. The third kappa shape index (κ3) is 4.02. The van der Waals surface area contributed by atoms with E-state index in [-0.39, 0.29) is 11.7 Å². The number of Topliss-reactive ketones (excluding diaryl/α,β-unsaturated/α-hetero) is 1. The first kappa shape index (κ1) is 13.3. The van der Waals surface area contributed by atoms with Gasteiger partial charge in [0.15, 0.2) is 0 Å². The third-order valence-electron chi connectivity index (χ3n) is 2.52. The number of hydrogen-bond donors (Lipinski definition) is 1. The van der Waals surface area contributed by atoms with E-state index < -0.39 is 0 Å². The molecule has 1 atom stereocenters. The second-order valence-electron chi connectivity index (χ2n) is 3.88. The molecule has 0 amide bonds. The van der Waals surface area contributed by atoms with Crippen molar-refractivity contribution in [2.45, 2.75) is 26.2 Å². The molecule has 0 fully saturated rings. The minimum atomic E-state index is -0.0102. The Labute approximate surface area is 105 Å². The first-order valence-electron chi connectivity index (χ1n) is 5.49. The minimum Gasteiger partial charge on any atom is -0.330 e. The Kier molecular flexibility index (Phi) is 5.63. The van der Waals surface area contributed by atoms with E-state index in [2.05, 4.69) is 27.8 Å². The van der Waals surface area contributed by atoms with E-state index in [9.17, 15) is 4.79 Å². The average molecular weight is 285 g/mol. The molecule has 1 heterocycles. The van der Waals surface area contributed by atoms with Gasteiger partial charge in [-0.15, -0.1) is 0 Å². The van der Waals surface area contributed by atoms with Crippen LogP contribution < -0.4 is 5.73 Å². The largest absolute Gasteiger partial charge is 0.330 e. The van der Waals surface area contributed by atoms with Crippen molar-refractivity contribution in [3.8, 4) is 0 Å². The van der Waals surface area contributed by atoms with Crippen molar-refractivity contribution < 1.29 is 4.79 Å². The van der Waals surface area contributed by atoms with Crippen molar-refractivity contribution in [1.29, 1.82) is 0 Å². The highest BCUT2D eigenvalue weighted by Gasteiger charge is 2.16. The van der Waals surface area contributed by atoms with Gasteiger partial charge in [-0.3, -0.25) is 9.78 Å². The predicted octanol–water partition coefficient (Wildman–Crippen LogP) is 2.33. The summed E-state index contributed by atoms with van der Waals surface area (Å²) in [6.07, 6.45) is 5.72. The average Bonchev–Trinajstić information content (AvgIpc) is 2.25. The molecular weight excluding hydrogens is 268 g/mol. The molecule has 0 radical (unpaired) electrons. The third-order valence-corrected chi connectivity index (χ3v) is 2.95. The maximum atomic E-state index is 11.9. The van der Waals surface area contributed by atoms with Gasteiger partial charge < -0.3 is 5.73 Å². The van der Waals surface area contributed by atoms with E-state index >= 15 is 0 Å². The van der Waals surface area contributed by atoms with Gasteiger partial charge in [0, 0.05) is 35.7 Å². The summed E-state index contributed by atoms with van der Waals surface area (Å²) in [5.41, 5.74) is 6.54. The molecule has 88 valence electrons. The van der Waals surface area contributed by atoms with Gasteiger partial charge in [0.25, 0.3) is 0 Å². The van der Waals surface area contributed by atoms with Crippen LogP contribution in [0.3, 0.4) is 0 Å². The Morgan fingerprint density at radius 1 is 1.56 bits per heavy atom. The SMILES string of the molecule is CCCC(CN)C(=O)Cc1cncc(Br)c1. The van der Waals surface area contributed by atoms with Crippen molar-refractivity contribution in [3.05, 3.63) is 28.5 Å². The number of pyridine rings is 1. The van der Waals surface area contributed by atoms with Crippen LogP contribution in [-0.4, -0.2) is 17.3 Å². The summed E-state index contributed by atoms with van der Waals surface area (Å²) in [5.74, 6) is 0.202. The standard InChI is InChI=1S/C12H17BrN2O/c1-2-3-10(6-14)12(16)5-9-4-11(13)8-15-7-9/h4,7-8,10H,2-3,5-6,14H2,1H3. The summed E-state index contributed by atoms with van der Waals surface area (Å²) in [6, 6.07) is 1.92. The van der Waals surface area contributed by atoms with Crippen LogP contribution in [0.15, 0.2) is 22.9 Å². The number of halogens is 1. The van der Waals surface area contributed by atoms with Crippen LogP contribution in [0, 0.1) is 5.92 Å². The molecule has 0 spiro atoms. The number of hydrogen-bond acceptors (Lipinski definition) is 3. The van der Waals surface area contributed by atoms with Crippen LogP contribution in [0.5, 0.6) is 0 Å². The molecule has 0 bridgehead atoms. The van der Waals surface area contributed by atoms with Crippen LogP contribution in [-0.2, 0) is 11.2 Å². The van der Waals surface area contributed by atoms with Gasteiger partial charge in [-0.1, -0.05) is 13.3 Å². The lowest BCUT2D eigenvalue weighted by Gasteiger charge is -2.12. The molecule has 0 aliphatic heterocycles. The number of rotatable bonds is 6. The van der Waals surface area contributed by atoms with Crippen molar-refractivity contribution in [3.63, 3.8) is 0 Å². The van der Waals surface area contributed by atoms with Crippen molar-refractivity contribution >= 4 is 21.7 Å². The van der Waals surface area contributed by atoms with E-state index in [1.807, 2.05) is 6.07 Å². The number of nitrogens with two attached hydrogens (primary N) is 1. The highest BCUT2D eigenvalue weighted by atomic mass is 79.9. The number of ketones is 1. The Balaban J connectivity index is 2.62. The second kappa shape index (κ2) is 6.76. The van der Waals surface area contributed by atoms with Crippen LogP contribution in [0.4, 0.5) is 0 Å². The fraction of sp³-hybridized carbons (Fsp3) is 0.500. The van der Waals surface area contributed by atoms with E-state index in [0.29, 0.717) is 13.0 Å². The molecule has 1 aromatic heterocycles. The van der Waals surface area contributed by atoms with Crippen LogP contribution in [0.1, 0.15) is 25.3 Å². The van der Waals surface area contributed by atoms with Crippen molar-refractivity contribution in [2.24, 2.45) is 11.7 Å². The molecule has 2 N–H and O–H groups in total. The quantitative estimate of drug-likeness (QED) is 0.872. The van der Waals surface area contributed by atoms with Gasteiger partial charge >= 0.3 is 0 Å².